The molecule has 0 saturated carbocycles. The van der Waals surface area contributed by atoms with Crippen molar-refractivity contribution in [3.63, 3.8) is 0 Å². The molecule has 0 spiro atoms. The fraction of sp³-hybridized carbons (Fsp3) is 0.167. The molecule has 1 N–H and O–H groups in total. The molecular weight excluding hydrogens is 399 g/mol. The molecule has 3 aromatic rings. The van der Waals surface area contributed by atoms with E-state index < -0.39 is 5.91 Å². The summed E-state index contributed by atoms with van der Waals surface area (Å²) in [5.41, 5.74) is 4.25. The van der Waals surface area contributed by atoms with Crippen molar-refractivity contribution in [3.05, 3.63) is 89.2 Å². The summed E-state index contributed by atoms with van der Waals surface area (Å²) in [6.07, 6.45) is 1.49. The molecule has 0 aliphatic heterocycles. The highest BCUT2D eigenvalue weighted by atomic mass is 19.1. The molecule has 0 aliphatic rings. The van der Waals surface area contributed by atoms with E-state index in [9.17, 15) is 9.18 Å². The van der Waals surface area contributed by atoms with Crippen molar-refractivity contribution >= 4 is 12.1 Å². The zero-order chi connectivity index (χ0) is 22.1. The van der Waals surface area contributed by atoms with Gasteiger partial charge in [-0.05, 0) is 55.0 Å². The van der Waals surface area contributed by atoms with E-state index in [0.29, 0.717) is 40.5 Å². The van der Waals surface area contributed by atoms with E-state index >= 15 is 0 Å². The van der Waals surface area contributed by atoms with E-state index in [2.05, 4.69) is 10.5 Å². The molecule has 0 bridgehead atoms. The molecule has 0 heterocycles. The third-order valence-corrected chi connectivity index (χ3v) is 4.30. The number of amides is 1. The highest BCUT2D eigenvalue weighted by Gasteiger charge is 2.10. The zero-order valence-electron chi connectivity index (χ0n) is 17.3. The number of methoxy groups -OCH3 is 1. The van der Waals surface area contributed by atoms with Crippen LogP contribution in [0, 0.1) is 5.82 Å². The third kappa shape index (κ3) is 6.05. The zero-order valence-corrected chi connectivity index (χ0v) is 17.3. The summed E-state index contributed by atoms with van der Waals surface area (Å²) in [6.45, 7) is 2.57. The number of para-hydroxylation sites is 1. The Morgan fingerprint density at radius 3 is 2.61 bits per heavy atom. The Balaban J connectivity index is 1.65. The van der Waals surface area contributed by atoms with Gasteiger partial charge in [0.15, 0.2) is 11.5 Å². The van der Waals surface area contributed by atoms with Crippen LogP contribution in [0.3, 0.4) is 0 Å². The van der Waals surface area contributed by atoms with Crippen molar-refractivity contribution in [2.24, 2.45) is 5.10 Å². The molecule has 7 heteroatoms. The van der Waals surface area contributed by atoms with Crippen LogP contribution in [-0.2, 0) is 6.61 Å². The maximum atomic E-state index is 13.3. The van der Waals surface area contributed by atoms with Gasteiger partial charge in [-0.25, -0.2) is 9.82 Å². The summed E-state index contributed by atoms with van der Waals surface area (Å²) in [5, 5.41) is 4.03. The Hall–Kier alpha value is -3.87. The lowest BCUT2D eigenvalue weighted by molar-refractivity contribution is 0.0954. The highest BCUT2D eigenvalue weighted by Crippen LogP contribution is 2.28. The van der Waals surface area contributed by atoms with Crippen LogP contribution in [0.15, 0.2) is 71.8 Å². The molecule has 0 aliphatic carbocycles. The van der Waals surface area contributed by atoms with E-state index in [1.165, 1.54) is 25.5 Å². The second-order valence-electron chi connectivity index (χ2n) is 6.45. The normalized spacial score (nSPS) is 10.7. The molecular formula is C24H23FN2O4. The lowest BCUT2D eigenvalue weighted by atomic mass is 10.2. The van der Waals surface area contributed by atoms with Crippen molar-refractivity contribution in [1.29, 1.82) is 0 Å². The smallest absolute Gasteiger partial charge is 0.271 e. The molecule has 3 aromatic carbocycles. The van der Waals surface area contributed by atoms with Crippen LogP contribution in [-0.4, -0.2) is 25.8 Å². The fourth-order valence-electron chi connectivity index (χ4n) is 2.82. The van der Waals surface area contributed by atoms with Gasteiger partial charge in [0.05, 0.1) is 19.9 Å². The number of rotatable bonds is 9. The summed E-state index contributed by atoms with van der Waals surface area (Å²) < 4.78 is 29.8. The summed E-state index contributed by atoms with van der Waals surface area (Å²) in [5.74, 6) is 0.886. The lowest BCUT2D eigenvalue weighted by Crippen LogP contribution is -2.17. The number of carbonyl (C=O) groups is 1. The molecule has 0 fully saturated rings. The number of nitrogens with one attached hydrogen (secondary N) is 1. The first-order chi connectivity index (χ1) is 15.1. The Bertz CT molecular complexity index is 1070. The second-order valence-corrected chi connectivity index (χ2v) is 6.45. The molecule has 0 saturated heterocycles. The van der Waals surface area contributed by atoms with Gasteiger partial charge in [-0.3, -0.25) is 4.79 Å². The predicted octanol–water partition coefficient (Wildman–Crippen LogP) is 4.58. The van der Waals surface area contributed by atoms with Crippen LogP contribution in [0.2, 0.25) is 0 Å². The SMILES string of the molecule is CCOc1ccc(C(=O)N/N=C/c2ccccc2OCc2cccc(F)c2)cc1OC. The van der Waals surface area contributed by atoms with Crippen molar-refractivity contribution in [3.8, 4) is 17.2 Å². The predicted molar refractivity (Wildman–Crippen MR) is 116 cm³/mol. The van der Waals surface area contributed by atoms with Gasteiger partial charge in [-0.2, -0.15) is 5.10 Å². The summed E-state index contributed by atoms with van der Waals surface area (Å²) in [7, 11) is 1.51. The minimum Gasteiger partial charge on any atom is -0.493 e. The van der Waals surface area contributed by atoms with Crippen molar-refractivity contribution < 1.29 is 23.4 Å². The number of hydrogen-bond acceptors (Lipinski definition) is 5. The number of ether oxygens (including phenoxy) is 3. The highest BCUT2D eigenvalue weighted by molar-refractivity contribution is 5.95. The van der Waals surface area contributed by atoms with E-state index in [-0.39, 0.29) is 12.4 Å². The first-order valence-electron chi connectivity index (χ1n) is 9.71. The van der Waals surface area contributed by atoms with E-state index in [1.807, 2.05) is 19.1 Å². The molecule has 6 nitrogen and oxygen atoms in total. The maximum Gasteiger partial charge on any atom is 0.271 e. The average Bonchev–Trinajstić information content (AvgIpc) is 2.79. The number of hydrogen-bond donors (Lipinski definition) is 1. The summed E-state index contributed by atoms with van der Waals surface area (Å²) in [6, 6.07) is 18.3. The molecule has 31 heavy (non-hydrogen) atoms. The van der Waals surface area contributed by atoms with Gasteiger partial charge in [0, 0.05) is 11.1 Å². The van der Waals surface area contributed by atoms with Crippen molar-refractivity contribution in [1.82, 2.24) is 5.43 Å². The van der Waals surface area contributed by atoms with Gasteiger partial charge in [-0.15, -0.1) is 0 Å². The largest absolute Gasteiger partial charge is 0.493 e. The van der Waals surface area contributed by atoms with E-state index in [1.54, 1.807) is 42.5 Å². The second kappa shape index (κ2) is 10.8. The van der Waals surface area contributed by atoms with Crippen LogP contribution >= 0.6 is 0 Å². The van der Waals surface area contributed by atoms with Crippen molar-refractivity contribution in [2.75, 3.05) is 13.7 Å². The molecule has 0 atom stereocenters. The van der Waals surface area contributed by atoms with Crippen molar-refractivity contribution in [2.45, 2.75) is 13.5 Å². The fourth-order valence-corrected chi connectivity index (χ4v) is 2.82. The number of carbonyl (C=O) groups excluding carboxylic acids is 1. The quantitative estimate of drug-likeness (QED) is 0.405. The topological polar surface area (TPSA) is 69.2 Å². The van der Waals surface area contributed by atoms with Gasteiger partial charge in [-0.1, -0.05) is 24.3 Å². The van der Waals surface area contributed by atoms with Crippen LogP contribution in [0.25, 0.3) is 0 Å². The average molecular weight is 422 g/mol. The number of halogens is 1. The Labute approximate surface area is 180 Å². The molecule has 3 rings (SSSR count). The number of benzene rings is 3. The van der Waals surface area contributed by atoms with Crippen LogP contribution in [0.5, 0.6) is 17.2 Å². The van der Waals surface area contributed by atoms with Gasteiger partial charge >= 0.3 is 0 Å². The number of nitrogens with zero attached hydrogens (tertiary/aromatic N) is 1. The van der Waals surface area contributed by atoms with Crippen LogP contribution in [0.4, 0.5) is 4.39 Å². The maximum absolute atomic E-state index is 13.3. The Morgan fingerprint density at radius 2 is 1.84 bits per heavy atom. The summed E-state index contributed by atoms with van der Waals surface area (Å²) in [4.78, 5) is 12.4. The standard InChI is InChI=1S/C24H23FN2O4/c1-3-30-22-12-11-18(14-23(22)29-2)24(28)27-26-15-19-8-4-5-10-21(19)31-16-17-7-6-9-20(25)13-17/h4-15H,3,16H2,1-2H3,(H,27,28)/b26-15+. The van der Waals surface area contributed by atoms with Crippen LogP contribution in [0.1, 0.15) is 28.4 Å². The van der Waals surface area contributed by atoms with Gasteiger partial charge in [0.1, 0.15) is 18.2 Å². The minimum absolute atomic E-state index is 0.209. The minimum atomic E-state index is -0.393. The Morgan fingerprint density at radius 1 is 1.00 bits per heavy atom. The Kier molecular flexibility index (Phi) is 7.59. The third-order valence-electron chi connectivity index (χ3n) is 4.30. The molecule has 0 aromatic heterocycles. The monoisotopic (exact) mass is 422 g/mol. The van der Waals surface area contributed by atoms with Gasteiger partial charge in [0.25, 0.3) is 5.91 Å². The van der Waals surface area contributed by atoms with Gasteiger partial charge in [0.2, 0.25) is 0 Å². The molecule has 160 valence electrons. The van der Waals surface area contributed by atoms with Gasteiger partial charge < -0.3 is 14.2 Å². The first kappa shape index (κ1) is 21.8. The van der Waals surface area contributed by atoms with E-state index in [4.69, 9.17) is 14.2 Å². The van der Waals surface area contributed by atoms with E-state index in [0.717, 1.165) is 0 Å². The lowest BCUT2D eigenvalue weighted by Gasteiger charge is -2.10. The summed E-state index contributed by atoms with van der Waals surface area (Å²) >= 11 is 0. The first-order valence-corrected chi connectivity index (χ1v) is 9.71. The molecule has 0 unspecified atom stereocenters. The van der Waals surface area contributed by atoms with Crippen LogP contribution < -0.4 is 19.6 Å². The number of hydrazone groups is 1. The molecule has 0 radical (unpaired) electrons. The molecule has 1 amide bonds.